The maximum absolute atomic E-state index is 13.0. The third-order valence-corrected chi connectivity index (χ3v) is 4.14. The van der Waals surface area contributed by atoms with E-state index in [2.05, 4.69) is 10.2 Å². The summed E-state index contributed by atoms with van der Waals surface area (Å²) < 4.78 is 5.81. The average molecular weight is 349 g/mol. The van der Waals surface area contributed by atoms with Crippen molar-refractivity contribution in [2.24, 2.45) is 0 Å². The van der Waals surface area contributed by atoms with Gasteiger partial charge < -0.3 is 9.64 Å². The van der Waals surface area contributed by atoms with Crippen molar-refractivity contribution in [3.63, 3.8) is 0 Å². The smallest absolute Gasteiger partial charge is 0.252 e. The molecule has 0 aliphatic rings. The first-order valence-corrected chi connectivity index (χ1v) is 8.69. The first-order valence-electron chi connectivity index (χ1n) is 8.69. The lowest BCUT2D eigenvalue weighted by Crippen LogP contribution is -2.38. The minimum atomic E-state index is -0.526. The van der Waals surface area contributed by atoms with Crippen LogP contribution in [0.4, 0.5) is 0 Å². The van der Waals surface area contributed by atoms with E-state index < -0.39 is 6.10 Å². The van der Waals surface area contributed by atoms with Crippen LogP contribution in [0.3, 0.4) is 0 Å². The molecule has 0 fully saturated rings. The summed E-state index contributed by atoms with van der Waals surface area (Å²) in [5.41, 5.74) is 3.02. The number of carbonyl (C=O) groups excluding carboxylic acids is 1. The van der Waals surface area contributed by atoms with E-state index >= 15 is 0 Å². The van der Waals surface area contributed by atoms with Crippen LogP contribution in [0.2, 0.25) is 0 Å². The van der Waals surface area contributed by atoms with Gasteiger partial charge >= 0.3 is 0 Å². The predicted octanol–water partition coefficient (Wildman–Crippen LogP) is 3.54. The lowest BCUT2D eigenvalue weighted by Gasteiger charge is -2.25. The summed E-state index contributed by atoms with van der Waals surface area (Å²) in [7, 11) is 0. The molecule has 1 atom stereocenters. The Labute approximate surface area is 153 Å². The number of carbonyl (C=O) groups is 1. The SMILES string of the molecule is C[C@H](OCc1ccccc1)C(=O)N(Cc1ccccc1)Cc1ccn[nH]1. The normalized spacial score (nSPS) is 11.9. The third-order valence-electron chi connectivity index (χ3n) is 4.14. The van der Waals surface area contributed by atoms with Crippen molar-refractivity contribution in [2.45, 2.75) is 32.7 Å². The van der Waals surface area contributed by atoms with Crippen LogP contribution in [0.1, 0.15) is 23.7 Å². The van der Waals surface area contributed by atoms with E-state index in [0.717, 1.165) is 16.8 Å². The van der Waals surface area contributed by atoms with E-state index in [1.54, 1.807) is 18.0 Å². The molecule has 134 valence electrons. The molecule has 3 aromatic rings. The van der Waals surface area contributed by atoms with E-state index in [1.165, 1.54) is 0 Å². The van der Waals surface area contributed by atoms with Crippen LogP contribution < -0.4 is 0 Å². The Hall–Kier alpha value is -2.92. The molecule has 5 nitrogen and oxygen atoms in total. The van der Waals surface area contributed by atoms with Gasteiger partial charge in [-0.15, -0.1) is 0 Å². The Balaban J connectivity index is 1.66. The third kappa shape index (κ3) is 5.04. The average Bonchev–Trinajstić information content (AvgIpc) is 3.20. The Bertz CT molecular complexity index is 789. The monoisotopic (exact) mass is 349 g/mol. The lowest BCUT2D eigenvalue weighted by molar-refractivity contribution is -0.144. The van der Waals surface area contributed by atoms with E-state index in [-0.39, 0.29) is 5.91 Å². The fraction of sp³-hybridized carbons (Fsp3) is 0.238. The van der Waals surface area contributed by atoms with Crippen LogP contribution in [0, 0.1) is 0 Å². The summed E-state index contributed by atoms with van der Waals surface area (Å²) in [6.45, 7) is 3.21. The van der Waals surface area contributed by atoms with Crippen LogP contribution in [0.25, 0.3) is 0 Å². The topological polar surface area (TPSA) is 58.2 Å². The van der Waals surface area contributed by atoms with Gasteiger partial charge in [-0.3, -0.25) is 9.89 Å². The van der Waals surface area contributed by atoms with Crippen LogP contribution in [0.5, 0.6) is 0 Å². The molecule has 1 N–H and O–H groups in total. The molecule has 0 unspecified atom stereocenters. The zero-order chi connectivity index (χ0) is 18.2. The summed E-state index contributed by atoms with van der Waals surface area (Å²) in [4.78, 5) is 14.8. The van der Waals surface area contributed by atoms with E-state index in [1.807, 2.05) is 66.7 Å². The molecule has 1 aromatic heterocycles. The molecule has 0 radical (unpaired) electrons. The first kappa shape index (κ1) is 17.9. The van der Waals surface area contributed by atoms with Gasteiger partial charge in [-0.05, 0) is 24.1 Å². The van der Waals surface area contributed by atoms with E-state index in [0.29, 0.717) is 19.7 Å². The van der Waals surface area contributed by atoms with E-state index in [4.69, 9.17) is 4.74 Å². The van der Waals surface area contributed by atoms with Gasteiger partial charge in [-0.2, -0.15) is 5.10 Å². The minimum absolute atomic E-state index is 0.0422. The van der Waals surface area contributed by atoms with Crippen molar-refractivity contribution < 1.29 is 9.53 Å². The Morgan fingerprint density at radius 2 is 1.65 bits per heavy atom. The Kier molecular flexibility index (Phi) is 6.17. The molecule has 2 aromatic carbocycles. The second-order valence-electron chi connectivity index (χ2n) is 6.20. The van der Waals surface area contributed by atoms with Crippen molar-refractivity contribution in [3.05, 3.63) is 89.7 Å². The lowest BCUT2D eigenvalue weighted by atomic mass is 10.2. The van der Waals surface area contributed by atoms with Gasteiger partial charge in [0, 0.05) is 12.7 Å². The van der Waals surface area contributed by atoms with Gasteiger partial charge in [-0.25, -0.2) is 0 Å². The highest BCUT2D eigenvalue weighted by atomic mass is 16.5. The van der Waals surface area contributed by atoms with Crippen LogP contribution >= 0.6 is 0 Å². The number of aromatic nitrogens is 2. The number of nitrogens with one attached hydrogen (secondary N) is 1. The van der Waals surface area contributed by atoms with Crippen molar-refractivity contribution in [1.29, 1.82) is 0 Å². The summed E-state index contributed by atoms with van der Waals surface area (Å²) >= 11 is 0. The maximum Gasteiger partial charge on any atom is 0.252 e. The number of ether oxygens (including phenoxy) is 1. The number of benzene rings is 2. The second kappa shape index (κ2) is 8.97. The van der Waals surface area contributed by atoms with Crippen LogP contribution in [0.15, 0.2) is 72.9 Å². The standard InChI is InChI=1S/C21H23N3O2/c1-17(26-16-19-10-6-3-7-11-19)21(25)24(15-20-12-13-22-23-20)14-18-8-4-2-5-9-18/h2-13,17H,14-16H2,1H3,(H,22,23)/t17-/m0/s1. The maximum atomic E-state index is 13.0. The molecule has 0 saturated carbocycles. The quantitative estimate of drug-likeness (QED) is 0.677. The molecule has 3 rings (SSSR count). The van der Waals surface area contributed by atoms with Gasteiger partial charge in [0.1, 0.15) is 6.10 Å². The van der Waals surface area contributed by atoms with Crippen molar-refractivity contribution in [3.8, 4) is 0 Å². The molecule has 0 aliphatic carbocycles. The van der Waals surface area contributed by atoms with Gasteiger partial charge in [0.15, 0.2) is 0 Å². The fourth-order valence-corrected chi connectivity index (χ4v) is 2.72. The number of hydrogen-bond acceptors (Lipinski definition) is 3. The fourth-order valence-electron chi connectivity index (χ4n) is 2.72. The van der Waals surface area contributed by atoms with Crippen molar-refractivity contribution in [1.82, 2.24) is 15.1 Å². The summed E-state index contributed by atoms with van der Waals surface area (Å²) in [5, 5.41) is 6.89. The Morgan fingerprint density at radius 1 is 1.00 bits per heavy atom. The number of aromatic amines is 1. The number of H-pyrrole nitrogens is 1. The molecular formula is C21H23N3O2. The highest BCUT2D eigenvalue weighted by molar-refractivity contribution is 5.80. The number of hydrogen-bond donors (Lipinski definition) is 1. The van der Waals surface area contributed by atoms with E-state index in [9.17, 15) is 4.79 Å². The molecule has 0 aliphatic heterocycles. The van der Waals surface area contributed by atoms with Crippen molar-refractivity contribution >= 4 is 5.91 Å². The number of rotatable bonds is 8. The van der Waals surface area contributed by atoms with Gasteiger partial charge in [-0.1, -0.05) is 60.7 Å². The summed E-state index contributed by atoms with van der Waals surface area (Å²) in [5.74, 6) is -0.0422. The highest BCUT2D eigenvalue weighted by Crippen LogP contribution is 2.12. The molecule has 0 spiro atoms. The summed E-state index contributed by atoms with van der Waals surface area (Å²) in [6.07, 6.45) is 1.16. The molecule has 5 heteroatoms. The predicted molar refractivity (Wildman–Crippen MR) is 100.0 cm³/mol. The number of amides is 1. The zero-order valence-corrected chi connectivity index (χ0v) is 14.8. The van der Waals surface area contributed by atoms with Gasteiger partial charge in [0.2, 0.25) is 0 Å². The van der Waals surface area contributed by atoms with Crippen LogP contribution in [-0.4, -0.2) is 27.1 Å². The first-order chi connectivity index (χ1) is 12.7. The minimum Gasteiger partial charge on any atom is -0.364 e. The molecule has 0 bridgehead atoms. The molecular weight excluding hydrogens is 326 g/mol. The molecule has 26 heavy (non-hydrogen) atoms. The molecule has 0 saturated heterocycles. The largest absolute Gasteiger partial charge is 0.364 e. The van der Waals surface area contributed by atoms with Crippen molar-refractivity contribution in [2.75, 3.05) is 0 Å². The Morgan fingerprint density at radius 3 is 2.27 bits per heavy atom. The highest BCUT2D eigenvalue weighted by Gasteiger charge is 2.22. The zero-order valence-electron chi connectivity index (χ0n) is 14.8. The van der Waals surface area contributed by atoms with Crippen LogP contribution in [-0.2, 0) is 29.2 Å². The van der Waals surface area contributed by atoms with Gasteiger partial charge in [0.05, 0.1) is 18.8 Å². The number of nitrogens with zero attached hydrogens (tertiary/aromatic N) is 2. The summed E-state index contributed by atoms with van der Waals surface area (Å²) in [6, 6.07) is 21.7. The molecule has 1 amide bonds. The molecule has 1 heterocycles. The second-order valence-corrected chi connectivity index (χ2v) is 6.20. The van der Waals surface area contributed by atoms with Gasteiger partial charge in [0.25, 0.3) is 5.91 Å².